The molecule has 2 N–H and O–H groups in total. The molecule has 0 aliphatic rings. The van der Waals surface area contributed by atoms with Crippen LogP contribution >= 0.6 is 0 Å². The van der Waals surface area contributed by atoms with Gasteiger partial charge in [0.05, 0.1) is 23.8 Å². The van der Waals surface area contributed by atoms with Gasteiger partial charge in [0.25, 0.3) is 5.91 Å². The Balaban J connectivity index is 1.44. The van der Waals surface area contributed by atoms with E-state index in [4.69, 9.17) is 4.74 Å². The molecule has 0 bridgehead atoms. The van der Waals surface area contributed by atoms with Gasteiger partial charge in [-0.05, 0) is 48.5 Å². The van der Waals surface area contributed by atoms with Gasteiger partial charge in [0.1, 0.15) is 12.3 Å². The van der Waals surface area contributed by atoms with E-state index in [9.17, 15) is 14.4 Å². The molecule has 3 aromatic carbocycles. The molecule has 2 amide bonds. The minimum Gasteiger partial charge on any atom is -0.495 e. The van der Waals surface area contributed by atoms with Crippen LogP contribution in [0.1, 0.15) is 10.4 Å². The number of amides is 2. The first-order valence-corrected chi connectivity index (χ1v) is 9.96. The SMILES string of the molecule is COc1ccccc1NC(=O)c1ccc(NC(=O)Cn2c(=O)n(C)c3ccccc32)cc1. The fourth-order valence-corrected chi connectivity index (χ4v) is 3.51. The summed E-state index contributed by atoms with van der Waals surface area (Å²) in [6.07, 6.45) is 0. The number of hydrogen-bond donors (Lipinski definition) is 2. The molecule has 0 aliphatic heterocycles. The summed E-state index contributed by atoms with van der Waals surface area (Å²) in [6, 6.07) is 20.9. The number of carbonyl (C=O) groups excluding carboxylic acids is 2. The van der Waals surface area contributed by atoms with Gasteiger partial charge in [0, 0.05) is 18.3 Å². The summed E-state index contributed by atoms with van der Waals surface area (Å²) in [5, 5.41) is 5.57. The van der Waals surface area contributed by atoms with Gasteiger partial charge in [0.2, 0.25) is 5.91 Å². The van der Waals surface area contributed by atoms with Crippen molar-refractivity contribution in [3.63, 3.8) is 0 Å². The molecule has 0 radical (unpaired) electrons. The number of aryl methyl sites for hydroxylation is 1. The molecule has 4 rings (SSSR count). The van der Waals surface area contributed by atoms with Crippen LogP contribution in [0.4, 0.5) is 11.4 Å². The lowest BCUT2D eigenvalue weighted by atomic mass is 10.2. The van der Waals surface area contributed by atoms with E-state index in [1.807, 2.05) is 24.3 Å². The van der Waals surface area contributed by atoms with Crippen molar-refractivity contribution in [1.29, 1.82) is 0 Å². The second kappa shape index (κ2) is 8.81. The van der Waals surface area contributed by atoms with Crippen LogP contribution in [-0.4, -0.2) is 28.1 Å². The minimum absolute atomic E-state index is 0.115. The van der Waals surface area contributed by atoms with E-state index in [0.29, 0.717) is 28.2 Å². The van der Waals surface area contributed by atoms with Crippen molar-refractivity contribution in [3.8, 4) is 5.75 Å². The van der Waals surface area contributed by atoms with Crippen molar-refractivity contribution in [1.82, 2.24) is 9.13 Å². The van der Waals surface area contributed by atoms with E-state index < -0.39 is 0 Å². The van der Waals surface area contributed by atoms with E-state index in [1.165, 1.54) is 16.2 Å². The number of aromatic nitrogens is 2. The van der Waals surface area contributed by atoms with E-state index in [0.717, 1.165) is 5.52 Å². The first-order chi connectivity index (χ1) is 15.5. The third-order valence-corrected chi connectivity index (χ3v) is 5.14. The van der Waals surface area contributed by atoms with Gasteiger partial charge in [-0.15, -0.1) is 0 Å². The maximum absolute atomic E-state index is 12.5. The van der Waals surface area contributed by atoms with Gasteiger partial charge < -0.3 is 15.4 Å². The Morgan fingerprint density at radius 1 is 0.875 bits per heavy atom. The number of hydrogen-bond acceptors (Lipinski definition) is 4. The summed E-state index contributed by atoms with van der Waals surface area (Å²) < 4.78 is 8.18. The largest absolute Gasteiger partial charge is 0.495 e. The number of carbonyl (C=O) groups is 2. The van der Waals surface area contributed by atoms with Crippen molar-refractivity contribution < 1.29 is 14.3 Å². The molecule has 162 valence electrons. The number of nitrogens with one attached hydrogen (secondary N) is 2. The van der Waals surface area contributed by atoms with Gasteiger partial charge in [0.15, 0.2) is 0 Å². The molecule has 0 saturated carbocycles. The number of methoxy groups -OCH3 is 1. The molecule has 1 heterocycles. The highest BCUT2D eigenvalue weighted by molar-refractivity contribution is 6.05. The number of rotatable bonds is 6. The Kier molecular flexibility index (Phi) is 5.76. The first-order valence-electron chi connectivity index (χ1n) is 9.96. The number of benzene rings is 3. The Morgan fingerprint density at radius 2 is 1.53 bits per heavy atom. The Labute approximate surface area is 184 Å². The molecule has 4 aromatic rings. The molecule has 8 nitrogen and oxygen atoms in total. The van der Waals surface area contributed by atoms with Crippen molar-refractivity contribution in [3.05, 3.63) is 88.8 Å². The Bertz CT molecular complexity index is 1350. The predicted octanol–water partition coefficient (Wildman–Crippen LogP) is 3.24. The average Bonchev–Trinajstić information content (AvgIpc) is 3.05. The van der Waals surface area contributed by atoms with Crippen LogP contribution < -0.4 is 21.1 Å². The zero-order valence-corrected chi connectivity index (χ0v) is 17.7. The summed E-state index contributed by atoms with van der Waals surface area (Å²) in [5.41, 5.74) is 2.72. The Morgan fingerprint density at radius 3 is 2.25 bits per heavy atom. The molecule has 0 spiro atoms. The van der Waals surface area contributed by atoms with Gasteiger partial charge in [-0.2, -0.15) is 0 Å². The fourth-order valence-electron chi connectivity index (χ4n) is 3.51. The summed E-state index contributed by atoms with van der Waals surface area (Å²) in [4.78, 5) is 37.6. The van der Waals surface area contributed by atoms with Crippen LogP contribution in [0, 0.1) is 0 Å². The van der Waals surface area contributed by atoms with Crippen LogP contribution in [0.5, 0.6) is 5.75 Å². The normalized spacial score (nSPS) is 10.7. The summed E-state index contributed by atoms with van der Waals surface area (Å²) in [5.74, 6) is -0.0715. The first kappa shape index (κ1) is 20.9. The highest BCUT2D eigenvalue weighted by atomic mass is 16.5. The fraction of sp³-hybridized carbons (Fsp3) is 0.125. The molecule has 32 heavy (non-hydrogen) atoms. The van der Waals surface area contributed by atoms with Crippen LogP contribution in [0.25, 0.3) is 11.0 Å². The second-order valence-corrected chi connectivity index (χ2v) is 7.20. The third kappa shape index (κ3) is 4.11. The summed E-state index contributed by atoms with van der Waals surface area (Å²) in [6.45, 7) is -0.115. The number of ether oxygens (including phenoxy) is 1. The molecule has 8 heteroatoms. The summed E-state index contributed by atoms with van der Waals surface area (Å²) in [7, 11) is 3.21. The monoisotopic (exact) mass is 430 g/mol. The predicted molar refractivity (Wildman–Crippen MR) is 123 cm³/mol. The van der Waals surface area contributed by atoms with E-state index in [-0.39, 0.29) is 24.0 Å². The topological polar surface area (TPSA) is 94.4 Å². The minimum atomic E-state index is -0.338. The number of imidazole rings is 1. The van der Waals surface area contributed by atoms with Crippen molar-refractivity contribution in [2.45, 2.75) is 6.54 Å². The number of nitrogens with zero attached hydrogens (tertiary/aromatic N) is 2. The quantitative estimate of drug-likeness (QED) is 0.491. The molecule has 0 atom stereocenters. The van der Waals surface area contributed by atoms with E-state index >= 15 is 0 Å². The Hall–Kier alpha value is -4.33. The molecule has 1 aromatic heterocycles. The van der Waals surface area contributed by atoms with Gasteiger partial charge in [-0.1, -0.05) is 24.3 Å². The van der Waals surface area contributed by atoms with Crippen LogP contribution in [0.15, 0.2) is 77.6 Å². The van der Waals surface area contributed by atoms with Crippen molar-refractivity contribution in [2.75, 3.05) is 17.7 Å². The maximum Gasteiger partial charge on any atom is 0.329 e. The van der Waals surface area contributed by atoms with E-state index in [1.54, 1.807) is 55.6 Å². The second-order valence-electron chi connectivity index (χ2n) is 7.20. The van der Waals surface area contributed by atoms with Gasteiger partial charge in [-0.25, -0.2) is 4.79 Å². The summed E-state index contributed by atoms with van der Waals surface area (Å²) >= 11 is 0. The zero-order chi connectivity index (χ0) is 22.7. The zero-order valence-electron chi connectivity index (χ0n) is 17.7. The van der Waals surface area contributed by atoms with Crippen LogP contribution in [0.3, 0.4) is 0 Å². The lowest BCUT2D eigenvalue weighted by molar-refractivity contribution is -0.116. The molecule has 0 aliphatic carbocycles. The highest BCUT2D eigenvalue weighted by Gasteiger charge is 2.14. The third-order valence-electron chi connectivity index (χ3n) is 5.14. The lowest BCUT2D eigenvalue weighted by Crippen LogP contribution is -2.28. The highest BCUT2D eigenvalue weighted by Crippen LogP contribution is 2.24. The average molecular weight is 430 g/mol. The van der Waals surface area contributed by atoms with Gasteiger partial charge in [-0.3, -0.25) is 18.7 Å². The molecule has 0 saturated heterocycles. The molecular weight excluding hydrogens is 408 g/mol. The number of para-hydroxylation sites is 4. The molecular formula is C24H22N4O4. The van der Waals surface area contributed by atoms with Crippen LogP contribution in [-0.2, 0) is 18.4 Å². The van der Waals surface area contributed by atoms with Crippen molar-refractivity contribution >= 4 is 34.2 Å². The number of fused-ring (bicyclic) bond motifs is 1. The van der Waals surface area contributed by atoms with Gasteiger partial charge >= 0.3 is 5.69 Å². The number of anilines is 2. The molecule has 0 fully saturated rings. The van der Waals surface area contributed by atoms with E-state index in [2.05, 4.69) is 10.6 Å². The lowest BCUT2D eigenvalue weighted by Gasteiger charge is -2.10. The van der Waals surface area contributed by atoms with Crippen LogP contribution in [0.2, 0.25) is 0 Å². The van der Waals surface area contributed by atoms with Crippen molar-refractivity contribution in [2.24, 2.45) is 7.05 Å². The standard InChI is InChI=1S/C24H22N4O4/c1-27-19-8-4-5-9-20(19)28(24(27)31)15-22(29)25-17-13-11-16(12-14-17)23(30)26-18-7-3-6-10-21(18)32-2/h3-14H,15H2,1-2H3,(H,25,29)(H,26,30). The maximum atomic E-state index is 12.5. The molecule has 0 unspecified atom stereocenters. The smallest absolute Gasteiger partial charge is 0.329 e.